The number of carbonyl (C=O) groups excluding carboxylic acids is 1. The molecule has 2 nitrogen and oxygen atoms in total. The van der Waals surface area contributed by atoms with Gasteiger partial charge in [0.1, 0.15) is 5.82 Å². The molecular formula is C15H13ClFNOS. The zero-order chi connectivity index (χ0) is 14.5. The number of anilines is 1. The van der Waals surface area contributed by atoms with Gasteiger partial charge in [0.05, 0.1) is 5.25 Å². The number of halogens is 2. The molecule has 0 saturated carbocycles. The Kier molecular flexibility index (Phi) is 5.04. The summed E-state index contributed by atoms with van der Waals surface area (Å²) in [5.74, 6) is -0.394. The number of hydrogen-bond donors (Lipinski definition) is 1. The molecule has 1 atom stereocenters. The highest BCUT2D eigenvalue weighted by molar-refractivity contribution is 8.00. The van der Waals surface area contributed by atoms with Gasteiger partial charge in [-0.05, 0) is 55.5 Å². The van der Waals surface area contributed by atoms with Crippen molar-refractivity contribution in [1.29, 1.82) is 0 Å². The van der Waals surface area contributed by atoms with E-state index in [1.807, 2.05) is 0 Å². The predicted molar refractivity (Wildman–Crippen MR) is 81.8 cm³/mol. The molecule has 0 aliphatic rings. The molecule has 0 saturated heterocycles. The molecule has 1 amide bonds. The first-order valence-corrected chi connectivity index (χ1v) is 7.29. The minimum atomic E-state index is -0.285. The Labute approximate surface area is 126 Å². The smallest absolute Gasteiger partial charge is 0.237 e. The average Bonchev–Trinajstić information content (AvgIpc) is 2.44. The van der Waals surface area contributed by atoms with E-state index in [0.717, 1.165) is 4.90 Å². The van der Waals surface area contributed by atoms with Gasteiger partial charge in [-0.3, -0.25) is 4.79 Å². The Balaban J connectivity index is 1.94. The van der Waals surface area contributed by atoms with Crippen molar-refractivity contribution in [1.82, 2.24) is 0 Å². The molecule has 2 aromatic carbocycles. The van der Waals surface area contributed by atoms with Crippen LogP contribution in [0.5, 0.6) is 0 Å². The Morgan fingerprint density at radius 3 is 2.35 bits per heavy atom. The largest absolute Gasteiger partial charge is 0.325 e. The van der Waals surface area contributed by atoms with E-state index in [4.69, 9.17) is 11.6 Å². The topological polar surface area (TPSA) is 29.1 Å². The fourth-order valence-electron chi connectivity index (χ4n) is 1.55. The van der Waals surface area contributed by atoms with Crippen LogP contribution in [0.3, 0.4) is 0 Å². The maximum atomic E-state index is 12.8. The fraction of sp³-hybridized carbons (Fsp3) is 0.133. The van der Waals surface area contributed by atoms with E-state index < -0.39 is 0 Å². The van der Waals surface area contributed by atoms with Gasteiger partial charge >= 0.3 is 0 Å². The van der Waals surface area contributed by atoms with Gasteiger partial charge in [-0.2, -0.15) is 0 Å². The summed E-state index contributed by atoms with van der Waals surface area (Å²) < 4.78 is 12.8. The number of carbonyl (C=O) groups is 1. The van der Waals surface area contributed by atoms with Crippen molar-refractivity contribution >= 4 is 35.0 Å². The number of nitrogens with one attached hydrogen (secondary N) is 1. The summed E-state index contributed by atoms with van der Waals surface area (Å²) >= 11 is 7.16. The number of benzene rings is 2. The van der Waals surface area contributed by atoms with Crippen LogP contribution in [0.2, 0.25) is 5.02 Å². The van der Waals surface area contributed by atoms with Crippen molar-refractivity contribution in [3.8, 4) is 0 Å². The summed E-state index contributed by atoms with van der Waals surface area (Å²) in [6, 6.07) is 13.0. The molecule has 1 unspecified atom stereocenters. The molecule has 0 aliphatic carbocycles. The van der Waals surface area contributed by atoms with Gasteiger partial charge < -0.3 is 5.32 Å². The van der Waals surface area contributed by atoms with E-state index in [9.17, 15) is 9.18 Å². The Morgan fingerprint density at radius 2 is 1.75 bits per heavy atom. The third-order valence-electron chi connectivity index (χ3n) is 2.61. The van der Waals surface area contributed by atoms with Crippen LogP contribution >= 0.6 is 23.4 Å². The van der Waals surface area contributed by atoms with Gasteiger partial charge in [0.25, 0.3) is 0 Å². The SMILES string of the molecule is CC(Sc1ccc(F)cc1)C(=O)Nc1ccc(Cl)cc1. The van der Waals surface area contributed by atoms with Crippen molar-refractivity contribution in [3.05, 3.63) is 59.4 Å². The Hall–Kier alpha value is -1.52. The molecule has 0 spiro atoms. The zero-order valence-corrected chi connectivity index (χ0v) is 12.3. The molecule has 104 valence electrons. The van der Waals surface area contributed by atoms with Crippen molar-refractivity contribution < 1.29 is 9.18 Å². The van der Waals surface area contributed by atoms with Crippen LogP contribution < -0.4 is 5.32 Å². The van der Waals surface area contributed by atoms with Crippen LogP contribution in [0.4, 0.5) is 10.1 Å². The highest BCUT2D eigenvalue weighted by Gasteiger charge is 2.14. The third kappa shape index (κ3) is 4.25. The first kappa shape index (κ1) is 14.9. The lowest BCUT2D eigenvalue weighted by molar-refractivity contribution is -0.115. The van der Waals surface area contributed by atoms with Crippen LogP contribution in [0.15, 0.2) is 53.4 Å². The summed E-state index contributed by atoms with van der Waals surface area (Å²) in [5, 5.41) is 3.15. The molecule has 20 heavy (non-hydrogen) atoms. The molecule has 2 rings (SSSR count). The van der Waals surface area contributed by atoms with Crippen LogP contribution in [0.1, 0.15) is 6.92 Å². The van der Waals surface area contributed by atoms with Crippen molar-refractivity contribution in [2.24, 2.45) is 0 Å². The summed E-state index contributed by atoms with van der Waals surface area (Å²) in [4.78, 5) is 12.9. The molecule has 0 heterocycles. The minimum Gasteiger partial charge on any atom is -0.325 e. The second-order valence-electron chi connectivity index (χ2n) is 4.21. The molecule has 0 bridgehead atoms. The summed E-state index contributed by atoms with van der Waals surface area (Å²) in [5.41, 5.74) is 0.700. The van der Waals surface area contributed by atoms with E-state index in [2.05, 4.69) is 5.32 Å². The second kappa shape index (κ2) is 6.77. The number of amides is 1. The Morgan fingerprint density at radius 1 is 1.15 bits per heavy atom. The van der Waals surface area contributed by atoms with E-state index >= 15 is 0 Å². The van der Waals surface area contributed by atoms with E-state index in [1.54, 1.807) is 43.3 Å². The van der Waals surface area contributed by atoms with E-state index in [1.165, 1.54) is 23.9 Å². The number of thioether (sulfide) groups is 1. The molecule has 1 N–H and O–H groups in total. The molecule has 2 aromatic rings. The second-order valence-corrected chi connectivity index (χ2v) is 6.06. The third-order valence-corrected chi connectivity index (χ3v) is 3.97. The number of hydrogen-bond acceptors (Lipinski definition) is 2. The van der Waals surface area contributed by atoms with Crippen molar-refractivity contribution in [2.75, 3.05) is 5.32 Å². The molecule has 5 heteroatoms. The molecule has 0 aromatic heterocycles. The maximum Gasteiger partial charge on any atom is 0.237 e. The van der Waals surface area contributed by atoms with Crippen LogP contribution in [-0.4, -0.2) is 11.2 Å². The highest BCUT2D eigenvalue weighted by atomic mass is 35.5. The highest BCUT2D eigenvalue weighted by Crippen LogP contribution is 2.24. The summed E-state index contributed by atoms with van der Waals surface area (Å²) in [6.45, 7) is 1.80. The maximum absolute atomic E-state index is 12.8. The lowest BCUT2D eigenvalue weighted by atomic mass is 10.3. The first-order chi connectivity index (χ1) is 9.54. The quantitative estimate of drug-likeness (QED) is 0.836. The van der Waals surface area contributed by atoms with Gasteiger partial charge in [0, 0.05) is 15.6 Å². The number of rotatable bonds is 4. The predicted octanol–water partition coefficient (Wildman–Crippen LogP) is 4.60. The van der Waals surface area contributed by atoms with Crippen LogP contribution in [0, 0.1) is 5.82 Å². The standard InChI is InChI=1S/C15H13ClFNOS/c1-10(20-14-8-4-12(17)5-9-14)15(19)18-13-6-2-11(16)3-7-13/h2-10H,1H3,(H,18,19). The van der Waals surface area contributed by atoms with Gasteiger partial charge in [-0.1, -0.05) is 11.6 Å². The van der Waals surface area contributed by atoms with Crippen molar-refractivity contribution in [2.45, 2.75) is 17.1 Å². The van der Waals surface area contributed by atoms with Gasteiger partial charge in [0.15, 0.2) is 0 Å². The van der Waals surface area contributed by atoms with Crippen molar-refractivity contribution in [3.63, 3.8) is 0 Å². The van der Waals surface area contributed by atoms with E-state index in [0.29, 0.717) is 10.7 Å². The van der Waals surface area contributed by atoms with Gasteiger partial charge in [-0.15, -0.1) is 11.8 Å². The van der Waals surface area contributed by atoms with Gasteiger partial charge in [-0.25, -0.2) is 4.39 Å². The van der Waals surface area contributed by atoms with Crippen LogP contribution in [-0.2, 0) is 4.79 Å². The monoisotopic (exact) mass is 309 g/mol. The van der Waals surface area contributed by atoms with Crippen LogP contribution in [0.25, 0.3) is 0 Å². The molecular weight excluding hydrogens is 297 g/mol. The fourth-order valence-corrected chi connectivity index (χ4v) is 2.54. The first-order valence-electron chi connectivity index (χ1n) is 6.03. The normalized spacial score (nSPS) is 11.9. The average molecular weight is 310 g/mol. The minimum absolute atomic E-state index is 0.110. The summed E-state index contributed by atoms with van der Waals surface area (Å²) in [6.07, 6.45) is 0. The molecule has 0 aliphatic heterocycles. The van der Waals surface area contributed by atoms with Gasteiger partial charge in [0.2, 0.25) is 5.91 Å². The summed E-state index contributed by atoms with van der Waals surface area (Å²) in [7, 11) is 0. The van der Waals surface area contributed by atoms with E-state index in [-0.39, 0.29) is 17.0 Å². The lowest BCUT2D eigenvalue weighted by Crippen LogP contribution is -2.22. The zero-order valence-electron chi connectivity index (χ0n) is 10.8. The lowest BCUT2D eigenvalue weighted by Gasteiger charge is -2.12. The molecule has 0 fully saturated rings. The Bertz CT molecular complexity index is 586. The molecule has 0 radical (unpaired) electrons.